The Labute approximate surface area is 670 Å². The normalized spacial score (nSPS) is 23.7. The van der Waals surface area contributed by atoms with Crippen molar-refractivity contribution in [3.8, 4) is 0 Å². The molecule has 5 aromatic rings. The van der Waals surface area contributed by atoms with Crippen molar-refractivity contribution < 1.29 is 92.3 Å². The fourth-order valence-corrected chi connectivity index (χ4v) is 14.3. The minimum absolute atomic E-state index is 0.104. The second kappa shape index (κ2) is 47.6. The van der Waals surface area contributed by atoms with Gasteiger partial charge in [-0.05, 0) is 101 Å². The number of aliphatic hydroxyl groups excluding tert-OH is 3. The molecule has 624 valence electrons. The molecule has 2 heterocycles. The standard InChI is InChI=1S/C76H104N18O19S2/c1-41(79)64(100)82-37-61(99)83-58-39-114-115-40-59(76(112)113)92-72(108)57(38-95)91-75(111)63(43(3)97)94-71(107)54(33-46-23-11-6-12-24-46)90-74(110)62(42(2)96)93-66(102)51(28-16-18-30-78)84-69(105)55(34-47-36-81-49-26-14-13-25-48(47)49)88-68(104)53(32-45-21-9-5-10-22-45)86-67(103)52(31-44-19-7-4-8-20-44)87-70(106)56(35-60(80)98)89-65(101)50(85-73(58)109)27-15-17-29-77/h4-14,19-26,36,41-43,50-59,62-63,81,95-97H,15-18,27-35,37-40,77-79H2,1-3H3,(H2,80,98)(H,82,100)(H,83,99)(H,84,105)(H,85,109)(H,86,103)(H,87,106)(H,88,104)(H,89,101)(H,90,110)(H,91,111)(H,92,108)(H,93,102)(H,94,107)(H,112,113)/t41-,42+,43+,50-,51-,52-,53-,54-,55-,56-,57-,58-,59-,62-,63?/m0/s1. The van der Waals surface area contributed by atoms with Gasteiger partial charge < -0.3 is 117 Å². The number of para-hydroxylation sites is 1. The number of hydrogen-bond acceptors (Lipinski definition) is 23. The fourth-order valence-electron chi connectivity index (χ4n) is 11.9. The third-order valence-electron chi connectivity index (χ3n) is 18.3. The van der Waals surface area contributed by atoms with Crippen LogP contribution in [0.4, 0.5) is 0 Å². The van der Waals surface area contributed by atoms with Crippen LogP contribution in [0.2, 0.25) is 0 Å². The lowest BCUT2D eigenvalue weighted by Gasteiger charge is -2.29. The second-order valence-corrected chi connectivity index (χ2v) is 30.1. The summed E-state index contributed by atoms with van der Waals surface area (Å²) in [6.45, 7) is 1.88. The summed E-state index contributed by atoms with van der Waals surface area (Å²) in [4.78, 5) is 217. The summed E-state index contributed by atoms with van der Waals surface area (Å²) in [6.07, 6.45) is -3.48. The number of benzene rings is 4. The van der Waals surface area contributed by atoms with Crippen LogP contribution in [0.1, 0.15) is 88.0 Å². The number of primary amides is 1. The third-order valence-corrected chi connectivity index (χ3v) is 20.7. The van der Waals surface area contributed by atoms with Crippen LogP contribution in [0, 0.1) is 0 Å². The molecule has 0 bridgehead atoms. The molecule has 115 heavy (non-hydrogen) atoms. The Morgan fingerprint density at radius 1 is 0.470 bits per heavy atom. The maximum absolute atomic E-state index is 15.4. The quantitative estimate of drug-likeness (QED) is 0.0182. The first kappa shape index (κ1) is 92.8. The number of rotatable bonds is 26. The smallest absolute Gasteiger partial charge is 0.327 e. The summed E-state index contributed by atoms with van der Waals surface area (Å²) in [6, 6.07) is 9.57. The van der Waals surface area contributed by atoms with Crippen molar-refractivity contribution >= 4 is 121 Å². The van der Waals surface area contributed by atoms with Crippen molar-refractivity contribution in [2.75, 3.05) is 37.7 Å². The number of aromatic amines is 1. The molecule has 1 fully saturated rings. The van der Waals surface area contributed by atoms with Gasteiger partial charge in [-0.1, -0.05) is 131 Å². The maximum atomic E-state index is 15.4. The molecule has 0 radical (unpaired) electrons. The summed E-state index contributed by atoms with van der Waals surface area (Å²) < 4.78 is 0. The van der Waals surface area contributed by atoms with Crippen LogP contribution in [0.25, 0.3) is 10.9 Å². The topological polar surface area (TPSA) is 613 Å². The number of hydrogen-bond donors (Lipinski definition) is 22. The van der Waals surface area contributed by atoms with Gasteiger partial charge in [0.2, 0.25) is 82.7 Å². The first-order valence-electron chi connectivity index (χ1n) is 37.4. The van der Waals surface area contributed by atoms with E-state index in [9.17, 15) is 78.0 Å². The Morgan fingerprint density at radius 3 is 1.30 bits per heavy atom. The lowest BCUT2D eigenvalue weighted by Crippen LogP contribution is -2.63. The molecule has 39 heteroatoms. The van der Waals surface area contributed by atoms with Gasteiger partial charge in [-0.3, -0.25) is 67.1 Å². The largest absolute Gasteiger partial charge is 0.480 e. The lowest BCUT2D eigenvalue weighted by molar-refractivity contribution is -0.142. The van der Waals surface area contributed by atoms with Crippen LogP contribution in [0.15, 0.2) is 121 Å². The van der Waals surface area contributed by atoms with E-state index in [2.05, 4.69) is 74.1 Å². The number of amides is 14. The number of aromatic nitrogens is 1. The van der Waals surface area contributed by atoms with Gasteiger partial charge in [0, 0.05) is 54.3 Å². The first-order chi connectivity index (χ1) is 54.9. The highest BCUT2D eigenvalue weighted by Crippen LogP contribution is 2.25. The number of carbonyl (C=O) groups is 15. The Morgan fingerprint density at radius 2 is 0.852 bits per heavy atom. The SMILES string of the molecule is C[C@H](N)C(=O)NCC(=O)N[C@H]1CSSC[C@@H](C(=O)O)NC(=O)[C@H](CO)NC(=O)C([C@@H](C)O)NC(=O)[C@H](Cc2ccccc2)NC(=O)[C@H]([C@@H](C)O)NC(=O)[C@H](CCCCN)NC(=O)[C@H](Cc2c[nH]c3ccccc23)NC(=O)[C@H](Cc2ccccc2)NC(=O)[C@H](Cc2ccccc2)NC(=O)[C@H](CC(N)=O)NC(=O)[C@H](CCCCN)NC1=O. The monoisotopic (exact) mass is 1640 g/mol. The Bertz CT molecular complexity index is 4130. The third kappa shape index (κ3) is 30.7. The zero-order valence-corrected chi connectivity index (χ0v) is 65.4. The van der Waals surface area contributed by atoms with Gasteiger partial charge in [-0.15, -0.1) is 0 Å². The van der Waals surface area contributed by atoms with Crippen LogP contribution < -0.4 is 92.1 Å². The molecule has 1 unspecified atom stereocenters. The average Bonchev–Trinajstić information content (AvgIpc) is 1.71. The number of unbranched alkanes of at least 4 members (excludes halogenated alkanes) is 2. The number of carboxylic acids is 1. The van der Waals surface area contributed by atoms with Gasteiger partial charge in [-0.2, -0.15) is 0 Å². The molecule has 1 aliphatic heterocycles. The molecule has 37 nitrogen and oxygen atoms in total. The number of carboxylic acid groups (broad SMARTS) is 1. The number of nitrogens with two attached hydrogens (primary N) is 4. The first-order valence-corrected chi connectivity index (χ1v) is 39.8. The Balaban J connectivity index is 1.47. The van der Waals surface area contributed by atoms with Gasteiger partial charge in [0.1, 0.15) is 72.5 Å². The summed E-state index contributed by atoms with van der Waals surface area (Å²) in [5.41, 5.74) is 25.6. The molecule has 15 atom stereocenters. The van der Waals surface area contributed by atoms with Gasteiger partial charge in [0.25, 0.3) is 0 Å². The molecule has 0 aliphatic carbocycles. The lowest BCUT2D eigenvalue weighted by atomic mass is 10.00. The van der Waals surface area contributed by atoms with E-state index in [1.807, 2.05) is 0 Å². The second-order valence-electron chi connectivity index (χ2n) is 27.6. The van der Waals surface area contributed by atoms with Crippen LogP contribution in [0.5, 0.6) is 0 Å². The van der Waals surface area contributed by atoms with Crippen LogP contribution in [-0.4, -0.2) is 243 Å². The van der Waals surface area contributed by atoms with Gasteiger partial charge >= 0.3 is 5.97 Å². The number of carbonyl (C=O) groups excluding carboxylic acids is 14. The molecule has 1 aliphatic rings. The number of nitrogens with one attached hydrogen (secondary N) is 14. The average molecular weight is 1640 g/mol. The van der Waals surface area contributed by atoms with Gasteiger partial charge in [0.15, 0.2) is 0 Å². The fraction of sp³-hybridized carbons (Fsp3) is 0.461. The molecule has 1 aromatic heterocycles. The highest BCUT2D eigenvalue weighted by Gasteiger charge is 2.40. The van der Waals surface area contributed by atoms with Crippen molar-refractivity contribution in [1.82, 2.24) is 74.1 Å². The Hall–Kier alpha value is -11.1. The number of fused-ring (bicyclic) bond motifs is 1. The zero-order chi connectivity index (χ0) is 84.3. The Kier molecular flexibility index (Phi) is 38.4. The van der Waals surface area contributed by atoms with Crippen molar-refractivity contribution in [2.45, 2.75) is 182 Å². The van der Waals surface area contributed by atoms with Crippen molar-refractivity contribution in [2.24, 2.45) is 22.9 Å². The molecule has 4 aromatic carbocycles. The summed E-state index contributed by atoms with van der Waals surface area (Å²) in [7, 11) is 1.49. The van der Waals surface area contributed by atoms with Crippen LogP contribution >= 0.6 is 21.6 Å². The molecule has 14 amide bonds. The van der Waals surface area contributed by atoms with E-state index < -0.39 is 210 Å². The minimum Gasteiger partial charge on any atom is -0.480 e. The van der Waals surface area contributed by atoms with E-state index in [0.717, 1.165) is 35.4 Å². The van der Waals surface area contributed by atoms with E-state index in [1.54, 1.807) is 121 Å². The van der Waals surface area contributed by atoms with E-state index in [1.165, 1.54) is 6.92 Å². The molecular weight excluding hydrogens is 1530 g/mol. The van der Waals surface area contributed by atoms with E-state index >= 15 is 14.4 Å². The highest BCUT2D eigenvalue weighted by atomic mass is 33.1. The summed E-state index contributed by atoms with van der Waals surface area (Å²) >= 11 is 0. The van der Waals surface area contributed by atoms with Gasteiger partial charge in [0.05, 0.1) is 37.8 Å². The van der Waals surface area contributed by atoms with Crippen molar-refractivity contribution in [3.63, 3.8) is 0 Å². The van der Waals surface area contributed by atoms with Crippen LogP contribution in [-0.2, 0) is 97.6 Å². The van der Waals surface area contributed by atoms with Crippen molar-refractivity contribution in [3.05, 3.63) is 144 Å². The summed E-state index contributed by atoms with van der Waals surface area (Å²) in [5, 5.41) is 76.1. The molecule has 0 saturated carbocycles. The van der Waals surface area contributed by atoms with Crippen LogP contribution in [0.3, 0.4) is 0 Å². The highest BCUT2D eigenvalue weighted by molar-refractivity contribution is 8.76. The molecule has 6 rings (SSSR count). The van der Waals surface area contributed by atoms with E-state index in [-0.39, 0.29) is 70.9 Å². The van der Waals surface area contributed by atoms with Crippen molar-refractivity contribution in [1.29, 1.82) is 0 Å². The number of H-pyrrole nitrogens is 1. The maximum Gasteiger partial charge on any atom is 0.327 e. The van der Waals surface area contributed by atoms with E-state index in [0.29, 0.717) is 39.6 Å². The van der Waals surface area contributed by atoms with E-state index in [4.69, 9.17) is 22.9 Å². The molecular formula is C76H104N18O19S2. The van der Waals surface area contributed by atoms with Gasteiger partial charge in [-0.25, -0.2) is 4.79 Å². The number of aliphatic hydroxyl groups is 3. The predicted octanol–water partition coefficient (Wildman–Crippen LogP) is -4.91. The molecule has 1 saturated heterocycles. The molecule has 26 N–H and O–H groups in total. The predicted molar refractivity (Wildman–Crippen MR) is 425 cm³/mol. The summed E-state index contributed by atoms with van der Waals surface area (Å²) in [5.74, 6) is -17.7. The zero-order valence-electron chi connectivity index (χ0n) is 63.8. The number of aliphatic carboxylic acids is 1. The molecule has 0 spiro atoms. The minimum atomic E-state index is -1.99.